The molecule has 0 amide bonds. The van der Waals surface area contributed by atoms with E-state index in [-0.39, 0.29) is 5.56 Å². The average molecular weight is 476 g/mol. The third kappa shape index (κ3) is 4.14. The zero-order chi connectivity index (χ0) is 24.5. The van der Waals surface area contributed by atoms with E-state index in [9.17, 15) is 4.79 Å². The van der Waals surface area contributed by atoms with Gasteiger partial charge in [0.05, 0.1) is 23.3 Å². The highest BCUT2D eigenvalue weighted by Gasteiger charge is 2.24. The summed E-state index contributed by atoms with van der Waals surface area (Å²) in [5.41, 5.74) is 6.02. The Labute approximate surface area is 210 Å². The number of rotatable bonds is 6. The van der Waals surface area contributed by atoms with E-state index in [1.165, 1.54) is 18.4 Å². The summed E-state index contributed by atoms with van der Waals surface area (Å²) in [7, 11) is 0. The number of likely N-dealkylation sites (tertiary alicyclic amines) is 1. The van der Waals surface area contributed by atoms with Gasteiger partial charge in [-0.1, -0.05) is 78.4 Å². The van der Waals surface area contributed by atoms with Crippen LogP contribution in [0.15, 0.2) is 89.7 Å². The summed E-state index contributed by atoms with van der Waals surface area (Å²) in [5, 5.41) is 10.7. The molecule has 3 aromatic carbocycles. The molecule has 1 aliphatic heterocycles. The maximum Gasteiger partial charge on any atom is 0.295 e. The lowest BCUT2D eigenvalue weighted by molar-refractivity contribution is 0.313. The number of nitrogens with zero attached hydrogens (tertiary/aromatic N) is 5. The van der Waals surface area contributed by atoms with Gasteiger partial charge in [-0.15, -0.1) is 0 Å². The molecule has 6 rings (SSSR count). The van der Waals surface area contributed by atoms with Gasteiger partial charge in [-0.05, 0) is 45.0 Å². The maximum atomic E-state index is 13.8. The van der Waals surface area contributed by atoms with E-state index < -0.39 is 0 Å². The molecule has 0 bridgehead atoms. The molecule has 0 saturated carbocycles. The Balaban J connectivity index is 1.63. The predicted molar refractivity (Wildman–Crippen MR) is 144 cm³/mol. The normalized spacial score (nSPS) is 14.0. The lowest BCUT2D eigenvalue weighted by Gasteiger charge is -2.16. The Morgan fingerprint density at radius 1 is 0.750 bits per heavy atom. The minimum absolute atomic E-state index is 0.146. The van der Waals surface area contributed by atoms with E-state index in [0.717, 1.165) is 53.2 Å². The monoisotopic (exact) mass is 475 g/mol. The smallest absolute Gasteiger partial charge is 0.295 e. The molecular weight excluding hydrogens is 446 g/mol. The highest BCUT2D eigenvalue weighted by Crippen LogP contribution is 2.35. The van der Waals surface area contributed by atoms with Crippen LogP contribution >= 0.6 is 0 Å². The van der Waals surface area contributed by atoms with Gasteiger partial charge in [0.2, 0.25) is 0 Å². The molecule has 180 valence electrons. The summed E-state index contributed by atoms with van der Waals surface area (Å²) >= 11 is 0. The van der Waals surface area contributed by atoms with Crippen LogP contribution in [-0.2, 0) is 6.54 Å². The molecule has 1 aliphatic rings. The highest BCUT2D eigenvalue weighted by molar-refractivity contribution is 6.02. The van der Waals surface area contributed by atoms with E-state index in [1.807, 2.05) is 41.1 Å². The van der Waals surface area contributed by atoms with Crippen LogP contribution in [0.5, 0.6) is 0 Å². The molecule has 0 N–H and O–H groups in total. The summed E-state index contributed by atoms with van der Waals surface area (Å²) in [6, 6.07) is 28.5. The fourth-order valence-electron chi connectivity index (χ4n) is 5.06. The van der Waals surface area contributed by atoms with Gasteiger partial charge >= 0.3 is 0 Å². The molecule has 0 radical (unpaired) electrons. The molecule has 6 heteroatoms. The van der Waals surface area contributed by atoms with Gasteiger partial charge < -0.3 is 4.90 Å². The first-order valence-corrected chi connectivity index (χ1v) is 12.6. The highest BCUT2D eigenvalue weighted by atomic mass is 16.1. The van der Waals surface area contributed by atoms with E-state index in [0.29, 0.717) is 12.1 Å². The number of fused-ring (bicyclic) bond motifs is 1. The van der Waals surface area contributed by atoms with Crippen molar-refractivity contribution in [2.45, 2.75) is 26.3 Å². The van der Waals surface area contributed by atoms with E-state index in [4.69, 9.17) is 10.2 Å². The summed E-state index contributed by atoms with van der Waals surface area (Å²) in [4.78, 5) is 16.2. The minimum atomic E-state index is -0.146. The van der Waals surface area contributed by atoms with Crippen molar-refractivity contribution in [3.05, 3.63) is 101 Å². The SMILES string of the molecule is Cc1ccc(-n2nc3c(=O)n(CCN4CCCC4)nc(-c4ccccc4)c3c2-c2ccccc2)cc1. The molecule has 6 nitrogen and oxygen atoms in total. The topological polar surface area (TPSA) is 56.0 Å². The largest absolute Gasteiger partial charge is 0.301 e. The molecule has 5 aromatic rings. The third-order valence-corrected chi connectivity index (χ3v) is 6.98. The molecule has 0 unspecified atom stereocenters. The lowest BCUT2D eigenvalue weighted by atomic mass is 10.0. The molecule has 0 spiro atoms. The van der Waals surface area contributed by atoms with Gasteiger partial charge in [-0.25, -0.2) is 9.36 Å². The number of aryl methyl sites for hydroxylation is 1. The fourth-order valence-corrected chi connectivity index (χ4v) is 5.06. The Kier molecular flexibility index (Phi) is 5.95. The van der Waals surface area contributed by atoms with Gasteiger partial charge in [0, 0.05) is 17.7 Å². The van der Waals surface area contributed by atoms with Gasteiger partial charge in [0.15, 0.2) is 5.52 Å². The first-order chi connectivity index (χ1) is 17.7. The first kappa shape index (κ1) is 22.4. The van der Waals surface area contributed by atoms with Gasteiger partial charge in [-0.3, -0.25) is 4.79 Å². The first-order valence-electron chi connectivity index (χ1n) is 12.6. The molecule has 1 saturated heterocycles. The van der Waals surface area contributed by atoms with Crippen LogP contribution in [0, 0.1) is 6.92 Å². The summed E-state index contributed by atoms with van der Waals surface area (Å²) in [5.74, 6) is 0. The van der Waals surface area contributed by atoms with E-state index >= 15 is 0 Å². The van der Waals surface area contributed by atoms with E-state index in [1.54, 1.807) is 4.68 Å². The van der Waals surface area contributed by atoms with Crippen molar-refractivity contribution < 1.29 is 0 Å². The van der Waals surface area contributed by atoms with Crippen LogP contribution in [0.2, 0.25) is 0 Å². The lowest BCUT2D eigenvalue weighted by Crippen LogP contribution is -2.31. The average Bonchev–Trinajstić information content (AvgIpc) is 3.59. The molecule has 1 fully saturated rings. The van der Waals surface area contributed by atoms with Crippen molar-refractivity contribution in [3.8, 4) is 28.2 Å². The Morgan fingerprint density at radius 2 is 1.39 bits per heavy atom. The number of aromatic nitrogens is 4. The van der Waals surface area contributed by atoms with Gasteiger partial charge in [-0.2, -0.15) is 10.2 Å². The van der Waals surface area contributed by atoms with Crippen molar-refractivity contribution in [3.63, 3.8) is 0 Å². The quantitative estimate of drug-likeness (QED) is 0.334. The Hall–Kier alpha value is -4.03. The van der Waals surface area contributed by atoms with Gasteiger partial charge in [0.1, 0.15) is 5.69 Å². The zero-order valence-corrected chi connectivity index (χ0v) is 20.5. The molecule has 2 aromatic heterocycles. The standard InChI is InChI=1S/C30H29N5O/c1-22-14-16-25(17-15-22)35-29(24-12-6-3-7-13-24)26-27(23-10-4-2-5-11-23)31-34(30(36)28(26)32-35)21-20-33-18-8-9-19-33/h2-7,10-17H,8-9,18-21H2,1H3. The second kappa shape index (κ2) is 9.55. The molecule has 3 heterocycles. The Bertz CT molecular complexity index is 1550. The predicted octanol–water partition coefficient (Wildman–Crippen LogP) is 5.32. The molecule has 36 heavy (non-hydrogen) atoms. The zero-order valence-electron chi connectivity index (χ0n) is 20.5. The van der Waals surface area contributed by atoms with Crippen molar-refractivity contribution >= 4 is 10.9 Å². The fraction of sp³-hybridized carbons (Fsp3) is 0.233. The van der Waals surface area contributed by atoms with Crippen LogP contribution in [0.1, 0.15) is 18.4 Å². The van der Waals surface area contributed by atoms with Crippen LogP contribution in [0.25, 0.3) is 39.1 Å². The summed E-state index contributed by atoms with van der Waals surface area (Å²) in [6.07, 6.45) is 2.44. The summed E-state index contributed by atoms with van der Waals surface area (Å²) < 4.78 is 3.52. The van der Waals surface area contributed by atoms with Crippen molar-refractivity contribution in [1.82, 2.24) is 24.5 Å². The molecule has 0 aliphatic carbocycles. The van der Waals surface area contributed by atoms with Gasteiger partial charge in [0.25, 0.3) is 5.56 Å². The number of hydrogen-bond acceptors (Lipinski definition) is 4. The second-order valence-corrected chi connectivity index (χ2v) is 9.48. The molecular formula is C30H29N5O. The maximum absolute atomic E-state index is 13.8. The number of benzene rings is 3. The van der Waals surface area contributed by atoms with Crippen molar-refractivity contribution in [1.29, 1.82) is 0 Å². The van der Waals surface area contributed by atoms with Crippen LogP contribution in [0.4, 0.5) is 0 Å². The third-order valence-electron chi connectivity index (χ3n) is 6.98. The minimum Gasteiger partial charge on any atom is -0.301 e. The number of hydrogen-bond donors (Lipinski definition) is 0. The van der Waals surface area contributed by atoms with Crippen LogP contribution < -0.4 is 5.56 Å². The second-order valence-electron chi connectivity index (χ2n) is 9.48. The van der Waals surface area contributed by atoms with Crippen molar-refractivity contribution in [2.24, 2.45) is 0 Å². The summed E-state index contributed by atoms with van der Waals surface area (Å²) in [6.45, 7) is 5.60. The van der Waals surface area contributed by atoms with E-state index in [2.05, 4.69) is 60.4 Å². The van der Waals surface area contributed by atoms with Crippen molar-refractivity contribution in [2.75, 3.05) is 19.6 Å². The van der Waals surface area contributed by atoms with Crippen LogP contribution in [-0.4, -0.2) is 44.1 Å². The molecule has 0 atom stereocenters. The van der Waals surface area contributed by atoms with Crippen LogP contribution in [0.3, 0.4) is 0 Å². The Morgan fingerprint density at radius 3 is 2.06 bits per heavy atom.